The molecule has 10 heterocycles. The van der Waals surface area contributed by atoms with Crippen LogP contribution in [0.25, 0.3) is 295 Å². The Hall–Kier alpha value is -18.9. The van der Waals surface area contributed by atoms with Crippen LogP contribution >= 0.6 is 22.7 Å². The first kappa shape index (κ1) is 83.1. The van der Waals surface area contributed by atoms with E-state index < -0.39 is 0 Å². The first-order chi connectivity index (χ1) is 71.9. The van der Waals surface area contributed by atoms with Crippen LogP contribution in [0.15, 0.2) is 487 Å². The van der Waals surface area contributed by atoms with E-state index in [-0.39, 0.29) is 0 Å². The predicted molar refractivity (Wildman–Crippen MR) is 604 cm³/mol. The van der Waals surface area contributed by atoms with E-state index in [1.165, 1.54) is 101 Å². The molecule has 21 aromatic carbocycles. The van der Waals surface area contributed by atoms with E-state index in [0.717, 1.165) is 177 Å². The number of para-hydroxylation sites is 3. The lowest BCUT2D eigenvalue weighted by Crippen LogP contribution is -1.95. The van der Waals surface area contributed by atoms with E-state index in [1.54, 1.807) is 0 Å². The van der Waals surface area contributed by atoms with Crippen LogP contribution in [0.1, 0.15) is 0 Å². The van der Waals surface area contributed by atoms with Gasteiger partial charge in [0, 0.05) is 95.5 Å². The van der Waals surface area contributed by atoms with E-state index in [0.29, 0.717) is 17.1 Å². The number of nitrogens with zero attached hydrogens (tertiary/aromatic N) is 8. The number of rotatable bonds is 11. The average molecular weight is 1890 g/mol. The molecule has 0 radical (unpaired) electrons. The Balaban J connectivity index is 0.000000103. The molecule has 0 saturated heterocycles. The van der Waals surface area contributed by atoms with Crippen LogP contribution < -0.4 is 0 Å². The van der Waals surface area contributed by atoms with Gasteiger partial charge in [-0.1, -0.05) is 352 Å². The van der Waals surface area contributed by atoms with Gasteiger partial charge in [-0.3, -0.25) is 0 Å². The van der Waals surface area contributed by atoms with Crippen LogP contribution in [0.4, 0.5) is 0 Å². The molecule has 10 aromatic heterocycles. The lowest BCUT2D eigenvalue weighted by atomic mass is 9.95. The molecular weight excluding hydrogens is 1810 g/mol. The third-order valence-electron chi connectivity index (χ3n) is 28.6. The Labute approximate surface area is 837 Å². The highest BCUT2D eigenvalue weighted by molar-refractivity contribution is 7.26. The summed E-state index contributed by atoms with van der Waals surface area (Å²) in [6.07, 6.45) is 5.47. The van der Waals surface area contributed by atoms with Crippen molar-refractivity contribution in [1.29, 1.82) is 0 Å². The number of thiophene rings is 2. The fraction of sp³-hybridized carbons (Fsp3) is 0. The summed E-state index contributed by atoms with van der Waals surface area (Å²) >= 11 is 3.73. The van der Waals surface area contributed by atoms with Crippen molar-refractivity contribution in [3.63, 3.8) is 0 Å². The molecule has 676 valence electrons. The van der Waals surface area contributed by atoms with E-state index in [2.05, 4.69) is 446 Å². The van der Waals surface area contributed by atoms with Crippen molar-refractivity contribution in [2.45, 2.75) is 0 Å². The Morgan fingerprint density at radius 3 is 1.12 bits per heavy atom. The molecule has 31 aromatic rings. The van der Waals surface area contributed by atoms with Gasteiger partial charge in [-0.05, 0) is 197 Å². The highest BCUT2D eigenvalue weighted by atomic mass is 32.1. The summed E-state index contributed by atoms with van der Waals surface area (Å²) in [5, 5.41) is 19.9. The molecule has 0 N–H and O–H groups in total. The molecule has 0 aliphatic carbocycles. The molecule has 0 amide bonds. The second-order valence-corrected chi connectivity index (χ2v) is 39.1. The zero-order valence-corrected chi connectivity index (χ0v) is 79.3. The summed E-state index contributed by atoms with van der Waals surface area (Å²) < 4.78 is 29.0. The van der Waals surface area contributed by atoms with Crippen LogP contribution in [0.2, 0.25) is 0 Å². The molecular formula is C132H78N8O3S2. The van der Waals surface area contributed by atoms with Gasteiger partial charge in [0.25, 0.3) is 0 Å². The fourth-order valence-corrected chi connectivity index (χ4v) is 24.4. The Morgan fingerprint density at radius 1 is 0.200 bits per heavy atom. The minimum Gasteiger partial charge on any atom is -0.436 e. The van der Waals surface area contributed by atoms with Crippen LogP contribution in [-0.2, 0) is 0 Å². The maximum Gasteiger partial charge on any atom is 0.246 e. The quantitative estimate of drug-likeness (QED) is 0.124. The number of aromatic nitrogens is 8. The molecule has 31 rings (SSSR count). The molecule has 0 bridgehead atoms. The molecule has 0 aliphatic heterocycles. The third-order valence-corrected chi connectivity index (χ3v) is 31.1. The van der Waals surface area contributed by atoms with Crippen LogP contribution in [0, 0.1) is 0 Å². The minimum atomic E-state index is 0.543. The van der Waals surface area contributed by atoms with Crippen molar-refractivity contribution in [1.82, 2.24) is 39.0 Å². The highest BCUT2D eigenvalue weighted by Crippen LogP contribution is 2.49. The summed E-state index contributed by atoms with van der Waals surface area (Å²) in [5.41, 5.74) is 32.7. The van der Waals surface area contributed by atoms with Gasteiger partial charge in [-0.25, -0.2) is 29.9 Å². The summed E-state index contributed by atoms with van der Waals surface area (Å²) in [7, 11) is 0. The molecule has 0 saturated carbocycles. The largest absolute Gasteiger partial charge is 0.436 e. The fourth-order valence-electron chi connectivity index (χ4n) is 21.9. The summed E-state index contributed by atoms with van der Waals surface area (Å²) in [4.78, 5) is 29.9. The predicted octanol–water partition coefficient (Wildman–Crippen LogP) is 36.5. The third kappa shape index (κ3) is 14.0. The average Bonchev–Trinajstić information content (AvgIpc) is 1.55. The van der Waals surface area contributed by atoms with Gasteiger partial charge in [0.15, 0.2) is 0 Å². The van der Waals surface area contributed by atoms with Gasteiger partial charge in [0.2, 0.25) is 17.1 Å². The van der Waals surface area contributed by atoms with Crippen molar-refractivity contribution < 1.29 is 13.3 Å². The first-order valence-electron chi connectivity index (χ1n) is 48.6. The van der Waals surface area contributed by atoms with Gasteiger partial charge in [0.05, 0.1) is 73.9 Å². The summed E-state index contributed by atoms with van der Waals surface area (Å²) in [5.74, 6) is 0. The zero-order chi connectivity index (χ0) is 95.3. The lowest BCUT2D eigenvalue weighted by Gasteiger charge is -2.11. The second kappa shape index (κ2) is 34.0. The highest BCUT2D eigenvalue weighted by Gasteiger charge is 2.26. The van der Waals surface area contributed by atoms with Crippen molar-refractivity contribution in [3.05, 3.63) is 474 Å². The van der Waals surface area contributed by atoms with Crippen molar-refractivity contribution in [3.8, 4) is 112 Å². The van der Waals surface area contributed by atoms with Gasteiger partial charge in [-0.15, -0.1) is 22.7 Å². The van der Waals surface area contributed by atoms with Crippen molar-refractivity contribution >= 4 is 206 Å². The first-order valence-corrected chi connectivity index (χ1v) is 50.3. The van der Waals surface area contributed by atoms with E-state index in [1.807, 2.05) is 59.5 Å². The van der Waals surface area contributed by atoms with Gasteiger partial charge in [0.1, 0.15) is 33.3 Å². The van der Waals surface area contributed by atoms with E-state index in [9.17, 15) is 0 Å². The number of fused-ring (bicyclic) bond motifs is 27. The molecule has 0 aliphatic rings. The molecule has 11 nitrogen and oxygen atoms in total. The van der Waals surface area contributed by atoms with Gasteiger partial charge < -0.3 is 22.4 Å². The lowest BCUT2D eigenvalue weighted by molar-refractivity contribution is 0.653. The normalized spacial score (nSPS) is 11.9. The second-order valence-electron chi connectivity index (χ2n) is 37.0. The molecule has 0 fully saturated rings. The summed E-state index contributed by atoms with van der Waals surface area (Å²) in [6.45, 7) is 0. The molecule has 0 spiro atoms. The van der Waals surface area contributed by atoms with Gasteiger partial charge >= 0.3 is 0 Å². The maximum absolute atomic E-state index is 6.46. The monoisotopic (exact) mass is 1890 g/mol. The molecule has 0 atom stereocenters. The van der Waals surface area contributed by atoms with Crippen molar-refractivity contribution in [2.24, 2.45) is 0 Å². The number of furan rings is 3. The Morgan fingerprint density at radius 2 is 0.572 bits per heavy atom. The Kier molecular flexibility index (Phi) is 19.5. The SMILES string of the molecule is c1ccc(-c2cc3ccccc3c3c2oc2ncc(-c4cccc(-c5cccc(-c6cccc7c6sc6ccccc67)c5)c4)nc23)cc1.c1ccc(-c2cc3oc4ncc(-c5cccc(-c6cccc(-c7cccc8c7sc7ccccc78)c6)c5)nc4c3c3ccccc23)cc1.c1ccc(-n2c3ccccc3c3cc4c(cc32)c2ccccc2n4-c2cccc(-c3cnc4oc5ccc6ccccc6c5c4n3)c2)cc1. The van der Waals surface area contributed by atoms with Crippen LogP contribution in [0.5, 0.6) is 0 Å². The zero-order valence-electron chi connectivity index (χ0n) is 77.7. The van der Waals surface area contributed by atoms with Crippen LogP contribution in [-0.4, -0.2) is 39.0 Å². The number of hydrogen-bond acceptors (Lipinski definition) is 11. The molecule has 145 heavy (non-hydrogen) atoms. The van der Waals surface area contributed by atoms with E-state index >= 15 is 0 Å². The van der Waals surface area contributed by atoms with E-state index in [4.69, 9.17) is 43.2 Å². The summed E-state index contributed by atoms with van der Waals surface area (Å²) in [6, 6.07) is 161. The van der Waals surface area contributed by atoms with Crippen LogP contribution in [0.3, 0.4) is 0 Å². The smallest absolute Gasteiger partial charge is 0.246 e. The molecule has 0 unspecified atom stereocenters. The minimum absolute atomic E-state index is 0.543. The van der Waals surface area contributed by atoms with Crippen molar-refractivity contribution in [2.75, 3.05) is 0 Å². The Bertz CT molecular complexity index is 10700. The molecule has 13 heteroatoms. The number of benzene rings is 21. The van der Waals surface area contributed by atoms with Gasteiger partial charge in [-0.2, -0.15) is 0 Å². The maximum atomic E-state index is 6.46. The topological polar surface area (TPSA) is 127 Å². The number of hydrogen-bond donors (Lipinski definition) is 0. The standard InChI is InChI=1S/C44H26N4O.2C44H26N2OS/c1-2-13-29(14-3-1)47-37-19-8-6-17-32(37)34-25-40-35(24-39(34)47)33-18-7-9-20-38(33)48(40)30-15-10-12-28(23-30)36-26-45-44-43(46-36)42-31-16-5-4-11-27(31)21-22-41(42)49-44;1-2-11-27(12-3-1)37-25-39-41(35-19-5-4-17-33(35)37)42-44(47-39)45-26-38(46-42)31-16-9-14-29(24-31)28-13-8-15-30(23-28)32-20-10-21-36-34-18-6-7-22-40(34)48-43(32)36;1-2-11-27(12-3-1)37-25-31-13-4-5-18-33(31)40-41-44(47-42(37)40)45-26-38(46-41)32-17-9-15-29(24-32)28-14-8-16-30(23-28)34-20-10-21-36-35-19-6-7-22-39(35)48-43(34)36/h1-26H;2*1-26H.